The third kappa shape index (κ3) is 4.25. The number of carboxylic acid groups (broad SMARTS) is 1. The van der Waals surface area contributed by atoms with Crippen molar-refractivity contribution in [3.8, 4) is 16.9 Å². The predicted octanol–water partition coefficient (Wildman–Crippen LogP) is 3.61. The third-order valence-electron chi connectivity index (χ3n) is 3.19. The summed E-state index contributed by atoms with van der Waals surface area (Å²) in [7, 11) is 0. The molecule has 2 rings (SSSR count). The van der Waals surface area contributed by atoms with E-state index < -0.39 is 18.5 Å². The number of benzene rings is 1. The van der Waals surface area contributed by atoms with Gasteiger partial charge in [-0.25, -0.2) is 0 Å². The standard InChI is InChI=1S/C16H15F2NO3/c1-10(15(20)21)6-11-2-4-12(5-3-11)13-7-14(9-19-8-13)22-16(17)18/h2-5,7-10,16H,6H2,1H3,(H,20,21). The van der Waals surface area contributed by atoms with Crippen molar-refractivity contribution in [1.29, 1.82) is 0 Å². The van der Waals surface area contributed by atoms with Gasteiger partial charge in [-0.1, -0.05) is 31.2 Å². The van der Waals surface area contributed by atoms with Crippen molar-refractivity contribution >= 4 is 5.97 Å². The minimum atomic E-state index is -2.89. The summed E-state index contributed by atoms with van der Waals surface area (Å²) >= 11 is 0. The molecule has 0 aliphatic rings. The van der Waals surface area contributed by atoms with Crippen LogP contribution in [0.3, 0.4) is 0 Å². The maximum atomic E-state index is 12.2. The van der Waals surface area contributed by atoms with Crippen molar-refractivity contribution < 1.29 is 23.4 Å². The summed E-state index contributed by atoms with van der Waals surface area (Å²) in [5.41, 5.74) is 2.33. The molecule has 0 spiro atoms. The van der Waals surface area contributed by atoms with Crippen LogP contribution in [0.1, 0.15) is 12.5 Å². The average molecular weight is 307 g/mol. The van der Waals surface area contributed by atoms with Crippen LogP contribution in [0.2, 0.25) is 0 Å². The summed E-state index contributed by atoms with van der Waals surface area (Å²) in [4.78, 5) is 14.7. The lowest BCUT2D eigenvalue weighted by atomic mass is 9.99. The van der Waals surface area contributed by atoms with E-state index in [2.05, 4.69) is 9.72 Å². The monoisotopic (exact) mass is 307 g/mol. The van der Waals surface area contributed by atoms with Gasteiger partial charge in [-0.15, -0.1) is 0 Å². The Bertz CT molecular complexity index is 644. The number of aliphatic carboxylic acids is 1. The molecule has 1 N–H and O–H groups in total. The molecule has 1 aromatic heterocycles. The molecule has 0 saturated carbocycles. The maximum absolute atomic E-state index is 12.2. The van der Waals surface area contributed by atoms with Crippen LogP contribution in [-0.4, -0.2) is 22.7 Å². The summed E-state index contributed by atoms with van der Waals surface area (Å²) in [6.07, 6.45) is 3.20. The largest absolute Gasteiger partial charge is 0.481 e. The van der Waals surface area contributed by atoms with Crippen LogP contribution in [0.4, 0.5) is 8.78 Å². The maximum Gasteiger partial charge on any atom is 0.387 e. The van der Waals surface area contributed by atoms with Crippen LogP contribution < -0.4 is 4.74 Å². The van der Waals surface area contributed by atoms with Crippen molar-refractivity contribution in [3.63, 3.8) is 0 Å². The first-order chi connectivity index (χ1) is 10.5. The number of hydrogen-bond donors (Lipinski definition) is 1. The summed E-state index contributed by atoms with van der Waals surface area (Å²) in [5, 5.41) is 8.89. The predicted molar refractivity (Wildman–Crippen MR) is 76.8 cm³/mol. The number of carboxylic acids is 1. The van der Waals surface area contributed by atoms with Crippen molar-refractivity contribution in [2.45, 2.75) is 20.0 Å². The number of halogens is 2. The number of ether oxygens (including phenoxy) is 1. The minimum absolute atomic E-state index is 0.00363. The van der Waals surface area contributed by atoms with E-state index in [4.69, 9.17) is 5.11 Å². The summed E-state index contributed by atoms with van der Waals surface area (Å²) < 4.78 is 28.7. The van der Waals surface area contributed by atoms with Gasteiger partial charge in [0, 0.05) is 11.8 Å². The second kappa shape index (κ2) is 6.98. The molecule has 4 nitrogen and oxygen atoms in total. The first kappa shape index (κ1) is 15.9. The van der Waals surface area contributed by atoms with Crippen molar-refractivity contribution in [3.05, 3.63) is 48.3 Å². The molecule has 1 heterocycles. The molecule has 0 bridgehead atoms. The highest BCUT2D eigenvalue weighted by Gasteiger charge is 2.12. The first-order valence-corrected chi connectivity index (χ1v) is 6.67. The van der Waals surface area contributed by atoms with Crippen LogP contribution in [0.5, 0.6) is 5.75 Å². The lowest BCUT2D eigenvalue weighted by Gasteiger charge is -2.09. The fourth-order valence-corrected chi connectivity index (χ4v) is 2.02. The summed E-state index contributed by atoms with van der Waals surface area (Å²) in [5.74, 6) is -1.31. The Morgan fingerprint density at radius 3 is 2.50 bits per heavy atom. The lowest BCUT2D eigenvalue weighted by molar-refractivity contribution is -0.141. The molecule has 1 unspecified atom stereocenters. The number of nitrogens with zero attached hydrogens (tertiary/aromatic N) is 1. The molecular formula is C16H15F2NO3. The van der Waals surface area contributed by atoms with E-state index in [0.717, 1.165) is 11.1 Å². The van der Waals surface area contributed by atoms with E-state index in [1.165, 1.54) is 12.3 Å². The van der Waals surface area contributed by atoms with E-state index in [1.807, 2.05) is 12.1 Å². The van der Waals surface area contributed by atoms with E-state index in [-0.39, 0.29) is 5.75 Å². The minimum Gasteiger partial charge on any atom is -0.481 e. The zero-order valence-electron chi connectivity index (χ0n) is 11.9. The van der Waals surface area contributed by atoms with Gasteiger partial charge in [0.2, 0.25) is 0 Å². The highest BCUT2D eigenvalue weighted by Crippen LogP contribution is 2.24. The highest BCUT2D eigenvalue weighted by molar-refractivity contribution is 5.70. The molecule has 116 valence electrons. The highest BCUT2D eigenvalue weighted by atomic mass is 19.3. The van der Waals surface area contributed by atoms with Gasteiger partial charge in [0.1, 0.15) is 5.75 Å². The van der Waals surface area contributed by atoms with E-state index in [9.17, 15) is 13.6 Å². The molecule has 0 amide bonds. The fraction of sp³-hybridized carbons (Fsp3) is 0.250. The van der Waals surface area contributed by atoms with Gasteiger partial charge in [0.15, 0.2) is 0 Å². The second-order valence-corrected chi connectivity index (χ2v) is 4.93. The van der Waals surface area contributed by atoms with Crippen LogP contribution >= 0.6 is 0 Å². The van der Waals surface area contributed by atoms with Gasteiger partial charge in [-0.2, -0.15) is 8.78 Å². The zero-order chi connectivity index (χ0) is 16.1. The van der Waals surface area contributed by atoms with Crippen LogP contribution in [0.15, 0.2) is 42.7 Å². The van der Waals surface area contributed by atoms with Gasteiger partial charge in [-0.05, 0) is 23.6 Å². The Balaban J connectivity index is 2.15. The van der Waals surface area contributed by atoms with Crippen molar-refractivity contribution in [2.75, 3.05) is 0 Å². The third-order valence-corrected chi connectivity index (χ3v) is 3.19. The number of rotatable bonds is 6. The summed E-state index contributed by atoms with van der Waals surface area (Å²) in [6.45, 7) is -1.25. The van der Waals surface area contributed by atoms with Crippen molar-refractivity contribution in [2.24, 2.45) is 5.92 Å². The van der Waals surface area contributed by atoms with Crippen LogP contribution in [0, 0.1) is 5.92 Å². The lowest BCUT2D eigenvalue weighted by Crippen LogP contribution is -2.12. The van der Waals surface area contributed by atoms with Gasteiger partial charge in [-0.3, -0.25) is 9.78 Å². The van der Waals surface area contributed by atoms with Gasteiger partial charge >= 0.3 is 12.6 Å². The Hall–Kier alpha value is -2.50. The molecule has 0 fully saturated rings. The Morgan fingerprint density at radius 1 is 1.23 bits per heavy atom. The number of hydrogen-bond acceptors (Lipinski definition) is 3. The number of carbonyl (C=O) groups is 1. The molecule has 0 aliphatic heterocycles. The molecule has 22 heavy (non-hydrogen) atoms. The Morgan fingerprint density at radius 2 is 1.91 bits per heavy atom. The van der Waals surface area contributed by atoms with E-state index in [1.54, 1.807) is 25.3 Å². The molecule has 1 atom stereocenters. The van der Waals surface area contributed by atoms with Gasteiger partial charge in [0.05, 0.1) is 12.1 Å². The summed E-state index contributed by atoms with van der Waals surface area (Å²) in [6, 6.07) is 8.71. The molecular weight excluding hydrogens is 292 g/mol. The number of pyridine rings is 1. The molecule has 0 aliphatic carbocycles. The molecule has 0 saturated heterocycles. The SMILES string of the molecule is CC(Cc1ccc(-c2cncc(OC(F)F)c2)cc1)C(=O)O. The van der Waals surface area contributed by atoms with Crippen LogP contribution in [-0.2, 0) is 11.2 Å². The number of alkyl halides is 2. The van der Waals surface area contributed by atoms with Crippen LogP contribution in [0.25, 0.3) is 11.1 Å². The second-order valence-electron chi connectivity index (χ2n) is 4.93. The molecule has 1 aromatic carbocycles. The van der Waals surface area contributed by atoms with Crippen molar-refractivity contribution in [1.82, 2.24) is 4.98 Å². The average Bonchev–Trinajstić information content (AvgIpc) is 2.47. The van der Waals surface area contributed by atoms with Gasteiger partial charge < -0.3 is 9.84 Å². The Kier molecular flexibility index (Phi) is 5.04. The Labute approximate surface area is 126 Å². The number of aromatic nitrogens is 1. The van der Waals surface area contributed by atoms with Gasteiger partial charge in [0.25, 0.3) is 0 Å². The quantitative estimate of drug-likeness (QED) is 0.885. The zero-order valence-corrected chi connectivity index (χ0v) is 11.9. The smallest absolute Gasteiger partial charge is 0.387 e. The topological polar surface area (TPSA) is 59.4 Å². The molecule has 6 heteroatoms. The first-order valence-electron chi connectivity index (χ1n) is 6.67. The normalized spacial score (nSPS) is 12.2. The van der Waals surface area contributed by atoms with E-state index >= 15 is 0 Å². The fourth-order valence-electron chi connectivity index (χ4n) is 2.02. The molecule has 2 aromatic rings. The molecule has 0 radical (unpaired) electrons. The van der Waals surface area contributed by atoms with E-state index in [0.29, 0.717) is 12.0 Å².